The fraction of sp³-hybridized carbons (Fsp3) is 0. The molecule has 0 atom stereocenters. The lowest BCUT2D eigenvalue weighted by molar-refractivity contribution is 0.604. The first-order chi connectivity index (χ1) is 10.7. The number of fused-ring (bicyclic) bond motifs is 2. The number of hydrogen-bond donors (Lipinski definition) is 0. The maximum atomic E-state index is 12.7. The zero-order chi connectivity index (χ0) is 15.1. The largest absolute Gasteiger partial charge is 0.463 e. The van der Waals surface area contributed by atoms with Crippen molar-refractivity contribution in [1.82, 2.24) is 0 Å². The lowest BCUT2D eigenvalue weighted by Crippen LogP contribution is -2.04. The Morgan fingerprint density at radius 3 is 2.55 bits per heavy atom. The Bertz CT molecular complexity index is 1060. The molecule has 4 rings (SSSR count). The summed E-state index contributed by atoms with van der Waals surface area (Å²) in [5, 5.41) is 3.32. The molecule has 0 saturated heterocycles. The topological polar surface area (TPSA) is 30.2 Å². The summed E-state index contributed by atoms with van der Waals surface area (Å²) >= 11 is 5.93. The molecule has 0 radical (unpaired) electrons. The number of hydrogen-bond acceptors (Lipinski definition) is 2. The molecular formula is C19H11ClO2. The quantitative estimate of drug-likeness (QED) is 0.480. The third kappa shape index (κ3) is 2.09. The van der Waals surface area contributed by atoms with E-state index >= 15 is 0 Å². The summed E-state index contributed by atoms with van der Waals surface area (Å²) in [6.07, 6.45) is 1.51. The lowest BCUT2D eigenvalue weighted by atomic mass is 10.0. The first kappa shape index (κ1) is 13.1. The van der Waals surface area contributed by atoms with E-state index in [4.69, 9.17) is 16.0 Å². The van der Waals surface area contributed by atoms with Gasteiger partial charge in [-0.1, -0.05) is 48.0 Å². The van der Waals surface area contributed by atoms with Gasteiger partial charge in [-0.15, -0.1) is 0 Å². The third-order valence-electron chi connectivity index (χ3n) is 3.80. The van der Waals surface area contributed by atoms with Crippen molar-refractivity contribution in [2.24, 2.45) is 0 Å². The second-order valence-electron chi connectivity index (χ2n) is 5.18. The van der Waals surface area contributed by atoms with E-state index in [1.165, 1.54) is 6.26 Å². The van der Waals surface area contributed by atoms with Gasteiger partial charge in [-0.05, 0) is 34.5 Å². The van der Waals surface area contributed by atoms with Crippen molar-refractivity contribution in [2.75, 3.05) is 0 Å². The summed E-state index contributed by atoms with van der Waals surface area (Å²) in [7, 11) is 0. The van der Waals surface area contributed by atoms with Gasteiger partial charge in [0.1, 0.15) is 11.8 Å². The zero-order valence-corrected chi connectivity index (χ0v) is 12.3. The first-order valence-electron chi connectivity index (χ1n) is 6.93. The Morgan fingerprint density at radius 1 is 0.864 bits per heavy atom. The molecule has 22 heavy (non-hydrogen) atoms. The minimum absolute atomic E-state index is 0.0480. The molecule has 0 aliphatic rings. The number of halogens is 1. The van der Waals surface area contributed by atoms with Gasteiger partial charge in [0.2, 0.25) is 0 Å². The maximum Gasteiger partial charge on any atom is 0.200 e. The average Bonchev–Trinajstić information content (AvgIpc) is 2.54. The fourth-order valence-corrected chi connectivity index (χ4v) is 2.82. The van der Waals surface area contributed by atoms with E-state index in [1.807, 2.05) is 42.5 Å². The van der Waals surface area contributed by atoms with Gasteiger partial charge in [0.25, 0.3) is 0 Å². The van der Waals surface area contributed by atoms with Crippen molar-refractivity contribution in [3.8, 4) is 11.1 Å². The minimum atomic E-state index is -0.0480. The Balaban J connectivity index is 1.97. The van der Waals surface area contributed by atoms with E-state index in [-0.39, 0.29) is 5.43 Å². The van der Waals surface area contributed by atoms with Crippen LogP contribution in [0.5, 0.6) is 0 Å². The summed E-state index contributed by atoms with van der Waals surface area (Å²) < 4.78 is 5.59. The van der Waals surface area contributed by atoms with Crippen LogP contribution in [0.1, 0.15) is 0 Å². The fourth-order valence-electron chi connectivity index (χ4n) is 2.66. The van der Waals surface area contributed by atoms with Crippen molar-refractivity contribution in [1.29, 1.82) is 0 Å². The van der Waals surface area contributed by atoms with Crippen LogP contribution in [-0.4, -0.2) is 0 Å². The van der Waals surface area contributed by atoms with Crippen molar-refractivity contribution >= 4 is 33.3 Å². The second-order valence-corrected chi connectivity index (χ2v) is 5.62. The van der Waals surface area contributed by atoms with Crippen molar-refractivity contribution in [3.05, 3.63) is 82.2 Å². The normalized spacial score (nSPS) is 11.1. The standard InChI is InChI=1S/C19H11ClO2/c20-15-7-8-16-18(10-15)22-11-17(19(16)21)14-6-5-12-3-1-2-4-13(12)9-14/h1-11H. The van der Waals surface area contributed by atoms with Crippen LogP contribution in [0.4, 0.5) is 0 Å². The van der Waals surface area contributed by atoms with Crippen LogP contribution in [-0.2, 0) is 0 Å². The molecule has 0 aliphatic carbocycles. The lowest BCUT2D eigenvalue weighted by Gasteiger charge is -2.05. The summed E-state index contributed by atoms with van der Waals surface area (Å²) in [6, 6.07) is 19.1. The average molecular weight is 307 g/mol. The van der Waals surface area contributed by atoms with E-state index in [0.717, 1.165) is 16.3 Å². The van der Waals surface area contributed by atoms with Crippen molar-refractivity contribution in [3.63, 3.8) is 0 Å². The Kier molecular flexibility index (Phi) is 2.98. The molecule has 0 saturated carbocycles. The van der Waals surface area contributed by atoms with Crippen molar-refractivity contribution in [2.45, 2.75) is 0 Å². The van der Waals surface area contributed by atoms with Crippen LogP contribution in [0.2, 0.25) is 5.02 Å². The smallest absolute Gasteiger partial charge is 0.200 e. The SMILES string of the molecule is O=c1c(-c2ccc3ccccc3c2)coc2cc(Cl)ccc12. The van der Waals surface area contributed by atoms with E-state index in [0.29, 0.717) is 21.6 Å². The highest BCUT2D eigenvalue weighted by molar-refractivity contribution is 6.31. The highest BCUT2D eigenvalue weighted by atomic mass is 35.5. The van der Waals surface area contributed by atoms with Gasteiger partial charge in [-0.2, -0.15) is 0 Å². The van der Waals surface area contributed by atoms with Gasteiger partial charge in [0, 0.05) is 11.1 Å². The Morgan fingerprint density at radius 2 is 1.68 bits per heavy atom. The third-order valence-corrected chi connectivity index (χ3v) is 4.03. The van der Waals surface area contributed by atoms with Crippen LogP contribution in [0.15, 0.2) is 76.1 Å². The first-order valence-corrected chi connectivity index (χ1v) is 7.30. The van der Waals surface area contributed by atoms with Gasteiger partial charge in [0.05, 0.1) is 10.9 Å². The zero-order valence-electron chi connectivity index (χ0n) is 11.5. The van der Waals surface area contributed by atoms with Gasteiger partial charge < -0.3 is 4.42 Å². The van der Waals surface area contributed by atoms with Gasteiger partial charge in [-0.3, -0.25) is 4.79 Å². The van der Waals surface area contributed by atoms with Gasteiger partial charge in [0.15, 0.2) is 5.43 Å². The van der Waals surface area contributed by atoms with E-state index in [9.17, 15) is 4.79 Å². The molecular weight excluding hydrogens is 296 g/mol. The summed E-state index contributed by atoms with van der Waals surface area (Å²) in [6.45, 7) is 0. The maximum absolute atomic E-state index is 12.7. The Hall–Kier alpha value is -2.58. The molecule has 0 unspecified atom stereocenters. The minimum Gasteiger partial charge on any atom is -0.463 e. The highest BCUT2D eigenvalue weighted by Crippen LogP contribution is 2.25. The summed E-state index contributed by atoms with van der Waals surface area (Å²) in [5.74, 6) is 0. The van der Waals surface area contributed by atoms with Crippen molar-refractivity contribution < 1.29 is 4.42 Å². The monoisotopic (exact) mass is 306 g/mol. The van der Waals surface area contributed by atoms with Crippen LogP contribution in [0.25, 0.3) is 32.9 Å². The van der Waals surface area contributed by atoms with Gasteiger partial charge >= 0.3 is 0 Å². The highest BCUT2D eigenvalue weighted by Gasteiger charge is 2.10. The predicted molar refractivity (Wildman–Crippen MR) is 90.4 cm³/mol. The van der Waals surface area contributed by atoms with Crippen LogP contribution >= 0.6 is 11.6 Å². The molecule has 3 heteroatoms. The molecule has 0 amide bonds. The summed E-state index contributed by atoms with van der Waals surface area (Å²) in [4.78, 5) is 12.7. The number of rotatable bonds is 1. The molecule has 1 aromatic heterocycles. The molecule has 0 spiro atoms. The van der Waals surface area contributed by atoms with E-state index < -0.39 is 0 Å². The molecule has 4 aromatic rings. The second kappa shape index (κ2) is 5.00. The Labute approximate surface area is 131 Å². The molecule has 2 nitrogen and oxygen atoms in total. The molecule has 0 bridgehead atoms. The molecule has 0 fully saturated rings. The molecule has 1 heterocycles. The van der Waals surface area contributed by atoms with Gasteiger partial charge in [-0.25, -0.2) is 0 Å². The van der Waals surface area contributed by atoms with Crippen LogP contribution < -0.4 is 5.43 Å². The van der Waals surface area contributed by atoms with E-state index in [2.05, 4.69) is 0 Å². The number of benzene rings is 3. The van der Waals surface area contributed by atoms with Crippen LogP contribution in [0.3, 0.4) is 0 Å². The molecule has 0 N–H and O–H groups in total. The summed E-state index contributed by atoms with van der Waals surface area (Å²) in [5.41, 5.74) is 1.86. The van der Waals surface area contributed by atoms with E-state index in [1.54, 1.807) is 18.2 Å². The molecule has 3 aromatic carbocycles. The molecule has 106 valence electrons. The predicted octanol–water partition coefficient (Wildman–Crippen LogP) is 5.27. The molecule has 0 aliphatic heterocycles. The van der Waals surface area contributed by atoms with Crippen LogP contribution in [0, 0.1) is 0 Å².